The van der Waals surface area contributed by atoms with Crippen molar-refractivity contribution >= 4 is 21.8 Å². The lowest BCUT2D eigenvalue weighted by Gasteiger charge is -2.21. The molecule has 1 fully saturated rings. The number of benzene rings is 3. The van der Waals surface area contributed by atoms with Gasteiger partial charge in [-0.15, -0.1) is 0 Å². The van der Waals surface area contributed by atoms with Gasteiger partial charge >= 0.3 is 0 Å². The maximum absolute atomic E-state index is 5.01. The molecule has 0 radical (unpaired) electrons. The van der Waals surface area contributed by atoms with Gasteiger partial charge in [-0.25, -0.2) is 9.97 Å². The number of fused-ring (bicyclic) bond motifs is 3. The maximum Gasteiger partial charge on any atom is 0.124 e. The number of imidazole rings is 2. The number of H-pyrrole nitrogens is 2. The molecule has 2 aromatic heterocycles. The minimum atomic E-state index is 0.336. The number of aromatic nitrogens is 4. The largest absolute Gasteiger partial charge is 0.341 e. The van der Waals surface area contributed by atoms with E-state index in [1.165, 1.54) is 34.7 Å². The molecule has 0 amide bonds. The molecule has 0 spiro atoms. The van der Waals surface area contributed by atoms with Gasteiger partial charge in [0.25, 0.3) is 0 Å². The second kappa shape index (κ2) is 9.64. The average Bonchev–Trinajstić information content (AvgIpc) is 3.57. The van der Waals surface area contributed by atoms with Crippen molar-refractivity contribution < 1.29 is 0 Å². The molecular formula is C29H32N6. The van der Waals surface area contributed by atoms with Gasteiger partial charge in [-0.05, 0) is 66.6 Å². The van der Waals surface area contributed by atoms with Crippen molar-refractivity contribution in [2.45, 2.75) is 45.2 Å². The van der Waals surface area contributed by atoms with Crippen LogP contribution in [0.15, 0.2) is 60.8 Å². The first-order valence-corrected chi connectivity index (χ1v) is 12.8. The Bertz CT molecular complexity index is 1440. The maximum atomic E-state index is 5.01. The van der Waals surface area contributed by atoms with Gasteiger partial charge in [0.2, 0.25) is 0 Å². The van der Waals surface area contributed by atoms with E-state index in [2.05, 4.69) is 87.1 Å². The molecule has 3 heterocycles. The molecule has 35 heavy (non-hydrogen) atoms. The number of aromatic amines is 2. The van der Waals surface area contributed by atoms with E-state index in [1.807, 2.05) is 6.20 Å². The van der Waals surface area contributed by atoms with Crippen LogP contribution in [0.1, 0.15) is 50.3 Å². The first-order valence-electron chi connectivity index (χ1n) is 12.8. The molecule has 1 saturated heterocycles. The zero-order valence-corrected chi connectivity index (χ0v) is 20.2. The molecule has 1 aliphatic rings. The summed E-state index contributed by atoms with van der Waals surface area (Å²) in [5.74, 6) is 2.04. The van der Waals surface area contributed by atoms with Crippen LogP contribution < -0.4 is 10.6 Å². The van der Waals surface area contributed by atoms with Crippen LogP contribution in [0.3, 0.4) is 0 Å². The van der Waals surface area contributed by atoms with E-state index in [0.717, 1.165) is 66.4 Å². The number of hydrogen-bond acceptors (Lipinski definition) is 4. The zero-order chi connectivity index (χ0) is 23.6. The Morgan fingerprint density at radius 1 is 0.943 bits per heavy atom. The van der Waals surface area contributed by atoms with Crippen LogP contribution >= 0.6 is 0 Å². The Balaban J connectivity index is 1.24. The van der Waals surface area contributed by atoms with Crippen LogP contribution in [0.25, 0.3) is 44.2 Å². The molecule has 0 aliphatic carbocycles. The van der Waals surface area contributed by atoms with Crippen LogP contribution in [0.2, 0.25) is 0 Å². The molecule has 0 saturated carbocycles. The van der Waals surface area contributed by atoms with Crippen molar-refractivity contribution in [2.75, 3.05) is 13.1 Å². The fraction of sp³-hybridized carbons (Fsp3) is 0.310. The van der Waals surface area contributed by atoms with E-state index in [-0.39, 0.29) is 0 Å². The normalized spacial score (nSPS) is 16.3. The fourth-order valence-electron chi connectivity index (χ4n) is 5.08. The fourth-order valence-corrected chi connectivity index (χ4v) is 5.08. The summed E-state index contributed by atoms with van der Waals surface area (Å²) in [5, 5.41) is 9.40. The Morgan fingerprint density at radius 2 is 1.80 bits per heavy atom. The number of nitrogens with zero attached hydrogens (tertiary/aromatic N) is 2. The van der Waals surface area contributed by atoms with Crippen molar-refractivity contribution in [3.8, 4) is 22.4 Å². The molecule has 4 N–H and O–H groups in total. The van der Waals surface area contributed by atoms with Crippen molar-refractivity contribution in [2.24, 2.45) is 0 Å². The van der Waals surface area contributed by atoms with Crippen molar-refractivity contribution in [1.29, 1.82) is 0 Å². The van der Waals surface area contributed by atoms with Gasteiger partial charge < -0.3 is 20.6 Å². The summed E-state index contributed by atoms with van der Waals surface area (Å²) in [4.78, 5) is 16.5. The van der Waals surface area contributed by atoms with Crippen molar-refractivity contribution in [3.63, 3.8) is 0 Å². The van der Waals surface area contributed by atoms with Gasteiger partial charge in [-0.3, -0.25) is 0 Å². The average molecular weight is 465 g/mol. The van der Waals surface area contributed by atoms with Crippen LogP contribution in [0.4, 0.5) is 0 Å². The van der Waals surface area contributed by atoms with E-state index in [9.17, 15) is 0 Å². The van der Waals surface area contributed by atoms with Gasteiger partial charge in [0.15, 0.2) is 0 Å². The number of piperidine rings is 1. The van der Waals surface area contributed by atoms with Crippen molar-refractivity contribution in [3.05, 3.63) is 72.4 Å². The zero-order valence-electron chi connectivity index (χ0n) is 20.2. The third kappa shape index (κ3) is 4.47. The van der Waals surface area contributed by atoms with Gasteiger partial charge in [0, 0.05) is 5.39 Å². The van der Waals surface area contributed by atoms with Gasteiger partial charge in [0.05, 0.1) is 35.5 Å². The smallest absolute Gasteiger partial charge is 0.124 e. The minimum Gasteiger partial charge on any atom is -0.341 e. The molecule has 178 valence electrons. The summed E-state index contributed by atoms with van der Waals surface area (Å²) in [7, 11) is 0. The van der Waals surface area contributed by atoms with E-state index in [1.54, 1.807) is 0 Å². The highest BCUT2D eigenvalue weighted by Crippen LogP contribution is 2.31. The highest BCUT2D eigenvalue weighted by Gasteiger charge is 2.19. The topological polar surface area (TPSA) is 81.4 Å². The number of hydrogen-bond donors (Lipinski definition) is 4. The number of rotatable bonds is 7. The lowest BCUT2D eigenvalue weighted by Crippen LogP contribution is -2.27. The Kier molecular flexibility index (Phi) is 6.06. The third-order valence-corrected chi connectivity index (χ3v) is 7.00. The molecule has 1 aliphatic heterocycles. The lowest BCUT2D eigenvalue weighted by molar-refractivity contribution is 0.400. The predicted molar refractivity (Wildman–Crippen MR) is 143 cm³/mol. The van der Waals surface area contributed by atoms with E-state index >= 15 is 0 Å². The molecule has 6 nitrogen and oxygen atoms in total. The molecule has 6 rings (SSSR count). The quantitative estimate of drug-likeness (QED) is 0.220. The van der Waals surface area contributed by atoms with Crippen LogP contribution in [0.5, 0.6) is 0 Å². The van der Waals surface area contributed by atoms with Crippen LogP contribution in [-0.4, -0.2) is 33.0 Å². The van der Waals surface area contributed by atoms with Gasteiger partial charge in [-0.2, -0.15) is 0 Å². The molecule has 3 aromatic carbocycles. The van der Waals surface area contributed by atoms with Gasteiger partial charge in [0.1, 0.15) is 11.6 Å². The molecule has 5 aromatic rings. The highest BCUT2D eigenvalue weighted by molar-refractivity contribution is 6.05. The molecule has 0 unspecified atom stereocenters. The summed E-state index contributed by atoms with van der Waals surface area (Å²) in [5.41, 5.74) is 6.78. The standard InChI is InChI=1S/C29H32N6/c1-2-14-30-18-27-32-17-26(33-27)20-8-6-19(7-9-20)21-10-12-23-22(16-21)11-13-24-28(23)35-29(34-24)25-5-3-4-15-31-25/h6-13,16-17,25,30-31H,2-5,14-15,18H2,1H3,(H,32,33)(H,34,35)/t25-/m0/s1. The van der Waals surface area contributed by atoms with E-state index in [4.69, 9.17) is 4.98 Å². The summed E-state index contributed by atoms with van der Waals surface area (Å²) in [6.45, 7) is 5.01. The van der Waals surface area contributed by atoms with Crippen molar-refractivity contribution in [1.82, 2.24) is 30.6 Å². The molecular weight excluding hydrogens is 432 g/mol. The summed E-state index contributed by atoms with van der Waals surface area (Å²) in [6.07, 6.45) is 6.70. The second-order valence-electron chi connectivity index (χ2n) is 9.52. The summed E-state index contributed by atoms with van der Waals surface area (Å²) in [6, 6.07) is 20.1. The monoisotopic (exact) mass is 464 g/mol. The Labute approximate surface area is 205 Å². The number of nitrogens with one attached hydrogen (secondary N) is 4. The summed E-state index contributed by atoms with van der Waals surface area (Å²) < 4.78 is 0. The molecule has 6 heteroatoms. The van der Waals surface area contributed by atoms with E-state index in [0.29, 0.717) is 6.04 Å². The predicted octanol–water partition coefficient (Wildman–Crippen LogP) is 6.09. The highest BCUT2D eigenvalue weighted by atomic mass is 15.0. The first kappa shape index (κ1) is 22.0. The lowest BCUT2D eigenvalue weighted by atomic mass is 9.99. The minimum absolute atomic E-state index is 0.336. The first-order chi connectivity index (χ1) is 17.3. The molecule has 1 atom stereocenters. The Morgan fingerprint density at radius 3 is 2.63 bits per heavy atom. The SMILES string of the molecule is CCCNCc1ncc(-c2ccc(-c3ccc4c(ccc5[nH]c([C@@H]6CCCCN6)nc54)c3)cc2)[nH]1. The summed E-state index contributed by atoms with van der Waals surface area (Å²) >= 11 is 0. The van der Waals surface area contributed by atoms with Crippen LogP contribution in [0, 0.1) is 0 Å². The third-order valence-electron chi connectivity index (χ3n) is 7.00. The second-order valence-corrected chi connectivity index (χ2v) is 9.52. The molecule has 0 bridgehead atoms. The Hall–Kier alpha value is -3.48. The van der Waals surface area contributed by atoms with Crippen LogP contribution in [-0.2, 0) is 6.54 Å². The van der Waals surface area contributed by atoms with Gasteiger partial charge in [-0.1, -0.05) is 55.8 Å². The van der Waals surface area contributed by atoms with E-state index < -0.39 is 0 Å².